The number of carbonyl (C=O) groups is 3. The minimum atomic E-state index is -1.14. The fraction of sp³-hybridized carbons (Fsp3) is 0.625. The van der Waals surface area contributed by atoms with E-state index in [9.17, 15) is 14.4 Å². The Bertz CT molecular complexity index is 335. The van der Waals surface area contributed by atoms with Gasteiger partial charge in [0.25, 0.3) is 5.24 Å². The Labute approximate surface area is 96.1 Å². The molecule has 0 aromatic rings. The summed E-state index contributed by atoms with van der Waals surface area (Å²) in [6.45, 7) is -0.432. The van der Waals surface area contributed by atoms with Crippen LogP contribution in [0.25, 0.3) is 0 Å². The summed E-state index contributed by atoms with van der Waals surface area (Å²) >= 11 is 0.638. The quantitative estimate of drug-likeness (QED) is 0.424. The Morgan fingerprint density at radius 3 is 2.56 bits per heavy atom. The van der Waals surface area contributed by atoms with Crippen molar-refractivity contribution in [3.05, 3.63) is 0 Å². The van der Waals surface area contributed by atoms with Gasteiger partial charge in [0.2, 0.25) is 5.91 Å². The molecule has 90 valence electrons. The highest BCUT2D eigenvalue weighted by molar-refractivity contribution is 8.14. The van der Waals surface area contributed by atoms with Crippen molar-refractivity contribution in [2.24, 2.45) is 5.73 Å². The van der Waals surface area contributed by atoms with Crippen molar-refractivity contribution in [1.29, 1.82) is 0 Å². The molecule has 1 aliphatic carbocycles. The van der Waals surface area contributed by atoms with Crippen LogP contribution in [-0.4, -0.2) is 46.6 Å². The second kappa shape index (κ2) is 4.81. The monoisotopic (exact) mass is 247 g/mol. The van der Waals surface area contributed by atoms with Crippen molar-refractivity contribution in [3.8, 4) is 0 Å². The van der Waals surface area contributed by atoms with Crippen LogP contribution in [0.5, 0.6) is 0 Å². The maximum atomic E-state index is 11.4. The molecule has 0 aliphatic heterocycles. The number of Topliss-reactive ketones (excluding diaryl/α,β-unsaturated/α-hetero) is 1. The van der Waals surface area contributed by atoms with Gasteiger partial charge < -0.3 is 21.5 Å². The number of nitrogens with one attached hydrogen (secondary N) is 2. The largest absolute Gasteiger partial charge is 0.393 e. The number of ketones is 1. The lowest BCUT2D eigenvalue weighted by molar-refractivity contribution is -0.118. The minimum Gasteiger partial charge on any atom is -0.393 e. The lowest BCUT2D eigenvalue weighted by Gasteiger charge is -2.15. The van der Waals surface area contributed by atoms with E-state index in [0.717, 1.165) is 0 Å². The number of nitrogens with two attached hydrogens (primary N) is 1. The second-order valence-electron chi connectivity index (χ2n) is 3.44. The van der Waals surface area contributed by atoms with Gasteiger partial charge in [0, 0.05) is 6.42 Å². The van der Waals surface area contributed by atoms with Gasteiger partial charge >= 0.3 is 0 Å². The van der Waals surface area contributed by atoms with Gasteiger partial charge in [0.1, 0.15) is 10.9 Å². The van der Waals surface area contributed by atoms with Crippen LogP contribution in [0.2, 0.25) is 0 Å². The summed E-state index contributed by atoms with van der Waals surface area (Å²) < 4.78 is 0. The van der Waals surface area contributed by atoms with E-state index in [-0.39, 0.29) is 12.2 Å². The first kappa shape index (κ1) is 12.9. The number of carbonyl (C=O) groups excluding carboxylic acids is 3. The number of likely N-dealkylation sites (N-methyl/N-ethyl adjacent to an activating group) is 1. The van der Waals surface area contributed by atoms with Crippen LogP contribution >= 0.6 is 11.8 Å². The van der Waals surface area contributed by atoms with E-state index < -0.39 is 28.7 Å². The van der Waals surface area contributed by atoms with Crippen molar-refractivity contribution in [2.75, 3.05) is 13.7 Å². The van der Waals surface area contributed by atoms with Gasteiger partial charge in [-0.1, -0.05) is 0 Å². The Hall–Kier alpha value is -1.12. The molecule has 1 fully saturated rings. The zero-order valence-corrected chi connectivity index (χ0v) is 9.47. The fourth-order valence-electron chi connectivity index (χ4n) is 1.12. The van der Waals surface area contributed by atoms with E-state index in [1.165, 1.54) is 7.05 Å². The molecule has 0 bridgehead atoms. The summed E-state index contributed by atoms with van der Waals surface area (Å²) in [6.07, 6.45) is 0.122. The van der Waals surface area contributed by atoms with E-state index in [1.54, 1.807) is 0 Å². The third-order valence-corrected chi connectivity index (χ3v) is 3.25. The van der Waals surface area contributed by atoms with Crippen LogP contribution in [0.15, 0.2) is 0 Å². The van der Waals surface area contributed by atoms with Crippen molar-refractivity contribution in [2.45, 2.75) is 17.3 Å². The highest BCUT2D eigenvalue weighted by Gasteiger charge is 2.54. The van der Waals surface area contributed by atoms with E-state index in [4.69, 9.17) is 10.8 Å². The lowest BCUT2D eigenvalue weighted by Crippen LogP contribution is -2.43. The van der Waals surface area contributed by atoms with Gasteiger partial charge in [-0.2, -0.15) is 0 Å². The molecule has 0 aromatic heterocycles. The molecule has 1 rings (SSSR count). The first-order chi connectivity index (χ1) is 7.45. The minimum absolute atomic E-state index is 0.122. The van der Waals surface area contributed by atoms with Crippen LogP contribution in [0.4, 0.5) is 4.79 Å². The number of amides is 2. The second-order valence-corrected chi connectivity index (χ2v) is 4.52. The van der Waals surface area contributed by atoms with Crippen molar-refractivity contribution in [1.82, 2.24) is 10.6 Å². The lowest BCUT2D eigenvalue weighted by atomic mass is 10.3. The Morgan fingerprint density at radius 2 is 2.25 bits per heavy atom. The Morgan fingerprint density at radius 1 is 1.69 bits per heavy atom. The first-order valence-electron chi connectivity index (χ1n) is 4.55. The van der Waals surface area contributed by atoms with Gasteiger partial charge in [-0.3, -0.25) is 14.4 Å². The van der Waals surface area contributed by atoms with Gasteiger partial charge in [-0.25, -0.2) is 0 Å². The van der Waals surface area contributed by atoms with Gasteiger partial charge in [0.05, 0.1) is 6.61 Å². The van der Waals surface area contributed by atoms with Crippen molar-refractivity contribution >= 4 is 28.7 Å². The van der Waals surface area contributed by atoms with E-state index in [1.807, 2.05) is 0 Å². The molecule has 7 nitrogen and oxygen atoms in total. The number of rotatable bonds is 5. The highest BCUT2D eigenvalue weighted by Crippen LogP contribution is 2.30. The summed E-state index contributed by atoms with van der Waals surface area (Å²) in [6, 6.07) is 0. The standard InChI is InChI=1S/C8H13N3O4S/c1-10-6(5(9)14)16-7(15)11-8(3-12)2-4(8)13/h6,10,12H,2-3H2,1H3,(H2,9,14)(H,11,15)/t6-,8+/m0/s1. The Kier molecular flexibility index (Phi) is 3.89. The van der Waals surface area contributed by atoms with Crippen LogP contribution in [-0.2, 0) is 9.59 Å². The highest BCUT2D eigenvalue weighted by atomic mass is 32.2. The fourth-order valence-corrected chi connectivity index (χ4v) is 1.82. The molecule has 5 N–H and O–H groups in total. The predicted molar refractivity (Wildman–Crippen MR) is 57.6 cm³/mol. The number of aliphatic hydroxyl groups excluding tert-OH is 1. The smallest absolute Gasteiger partial charge is 0.281 e. The molecule has 0 saturated heterocycles. The summed E-state index contributed by atoms with van der Waals surface area (Å²) in [7, 11) is 1.49. The van der Waals surface area contributed by atoms with Crippen molar-refractivity contribution in [3.63, 3.8) is 0 Å². The van der Waals surface area contributed by atoms with E-state index in [0.29, 0.717) is 11.8 Å². The van der Waals surface area contributed by atoms with Crippen LogP contribution < -0.4 is 16.4 Å². The summed E-state index contributed by atoms with van der Waals surface area (Å²) in [5.41, 5.74) is 3.88. The molecule has 0 aromatic carbocycles. The number of hydrogen-bond acceptors (Lipinski definition) is 6. The topological polar surface area (TPSA) is 122 Å². The summed E-state index contributed by atoms with van der Waals surface area (Å²) in [5, 5.41) is 12.4. The molecule has 0 spiro atoms. The van der Waals surface area contributed by atoms with Crippen LogP contribution in [0.1, 0.15) is 6.42 Å². The SMILES string of the molecule is CN[C@@H](SC(=O)N[C@@]1(CO)CC1=O)C(N)=O. The normalized spacial score (nSPS) is 25.0. The number of aliphatic hydroxyl groups is 1. The maximum Gasteiger partial charge on any atom is 0.281 e. The average molecular weight is 247 g/mol. The Balaban J connectivity index is 2.47. The molecule has 2 amide bonds. The van der Waals surface area contributed by atoms with Crippen molar-refractivity contribution < 1.29 is 19.5 Å². The summed E-state index contributed by atoms with van der Waals surface area (Å²) in [4.78, 5) is 33.2. The molecule has 8 heteroatoms. The van der Waals surface area contributed by atoms with E-state index >= 15 is 0 Å². The molecular weight excluding hydrogens is 234 g/mol. The average Bonchev–Trinajstić information content (AvgIpc) is 2.85. The number of primary amides is 1. The third kappa shape index (κ3) is 2.71. The number of hydrogen-bond donors (Lipinski definition) is 4. The zero-order valence-electron chi connectivity index (χ0n) is 8.65. The number of thioether (sulfide) groups is 1. The molecule has 1 saturated carbocycles. The summed E-state index contributed by atoms with van der Waals surface area (Å²) in [5.74, 6) is -0.896. The molecular formula is C8H13N3O4S. The molecule has 0 heterocycles. The first-order valence-corrected chi connectivity index (χ1v) is 5.42. The molecule has 1 aliphatic rings. The maximum absolute atomic E-state index is 11.4. The molecule has 0 radical (unpaired) electrons. The zero-order chi connectivity index (χ0) is 12.3. The molecule has 16 heavy (non-hydrogen) atoms. The van der Waals surface area contributed by atoms with Gasteiger partial charge in [-0.05, 0) is 18.8 Å². The van der Waals surface area contributed by atoms with E-state index in [2.05, 4.69) is 10.6 Å². The molecule has 2 atom stereocenters. The van der Waals surface area contributed by atoms with Gasteiger partial charge in [0.15, 0.2) is 5.78 Å². The molecule has 0 unspecified atom stereocenters. The predicted octanol–water partition coefficient (Wildman–Crippen LogP) is -1.84. The van der Waals surface area contributed by atoms with Crippen LogP contribution in [0.3, 0.4) is 0 Å². The van der Waals surface area contributed by atoms with Gasteiger partial charge in [-0.15, -0.1) is 0 Å². The van der Waals surface area contributed by atoms with Crippen LogP contribution in [0, 0.1) is 0 Å². The third-order valence-electron chi connectivity index (χ3n) is 2.23.